The van der Waals surface area contributed by atoms with E-state index in [-0.39, 0.29) is 0 Å². The Morgan fingerprint density at radius 1 is 0.920 bits per heavy atom. The molecule has 0 unspecified atom stereocenters. The first-order valence-electron chi connectivity index (χ1n) is 7.87. The third kappa shape index (κ3) is 3.34. The summed E-state index contributed by atoms with van der Waals surface area (Å²) in [5.74, 6) is 0.943. The summed E-state index contributed by atoms with van der Waals surface area (Å²) in [6.07, 6.45) is 2.03. The third-order valence-corrected chi connectivity index (χ3v) is 4.96. The summed E-state index contributed by atoms with van der Waals surface area (Å²) >= 11 is 7.11. The van der Waals surface area contributed by atoms with E-state index in [0.29, 0.717) is 0 Å². The smallest absolute Gasteiger partial charge is 0.143 e. The number of benzene rings is 2. The molecule has 0 spiro atoms. The zero-order valence-electron chi connectivity index (χ0n) is 13.5. The molecule has 0 bridgehead atoms. The van der Waals surface area contributed by atoms with E-state index in [9.17, 15) is 0 Å². The Morgan fingerprint density at radius 2 is 1.72 bits per heavy atom. The maximum Gasteiger partial charge on any atom is 0.143 e. The fourth-order valence-corrected chi connectivity index (χ4v) is 3.49. The van der Waals surface area contributed by atoms with E-state index in [2.05, 4.69) is 84.9 Å². The molecule has 2 aromatic carbocycles. The van der Waals surface area contributed by atoms with E-state index >= 15 is 0 Å². The molecule has 124 valence electrons. The lowest BCUT2D eigenvalue weighted by molar-refractivity contribution is 1.17. The molecule has 0 atom stereocenters. The minimum Gasteiger partial charge on any atom is -0.339 e. The molecule has 0 saturated carbocycles. The number of pyridine rings is 1. The van der Waals surface area contributed by atoms with Crippen LogP contribution >= 0.6 is 31.9 Å². The number of aryl methyl sites for hydroxylation is 1. The Hall–Kier alpha value is -2.11. The van der Waals surface area contributed by atoms with Crippen molar-refractivity contribution in [3.05, 3.63) is 81.4 Å². The van der Waals surface area contributed by atoms with Gasteiger partial charge in [-0.2, -0.15) is 0 Å². The maximum atomic E-state index is 4.84. The summed E-state index contributed by atoms with van der Waals surface area (Å²) in [6, 6.07) is 20.6. The Kier molecular flexibility index (Phi) is 4.36. The molecular weight excluding hydrogens is 442 g/mol. The Labute approximate surface area is 163 Å². The minimum atomic E-state index is 0.896. The van der Waals surface area contributed by atoms with E-state index in [1.807, 2.05) is 30.5 Å². The van der Waals surface area contributed by atoms with Crippen LogP contribution in [0.1, 0.15) is 5.56 Å². The second kappa shape index (κ2) is 6.65. The predicted octanol–water partition coefficient (Wildman–Crippen LogP) is 6.58. The van der Waals surface area contributed by atoms with E-state index in [1.165, 1.54) is 5.56 Å². The number of nitrogens with one attached hydrogen (secondary N) is 1. The molecule has 0 aliphatic rings. The van der Waals surface area contributed by atoms with Gasteiger partial charge in [0.05, 0.1) is 0 Å². The number of imidazole rings is 1. The molecule has 0 radical (unpaired) electrons. The molecule has 2 aromatic heterocycles. The van der Waals surface area contributed by atoms with Crippen molar-refractivity contribution in [2.45, 2.75) is 6.92 Å². The normalized spacial score (nSPS) is 11.0. The molecule has 4 rings (SSSR count). The Balaban J connectivity index is 1.91. The lowest BCUT2D eigenvalue weighted by Crippen LogP contribution is -1.97. The highest BCUT2D eigenvalue weighted by Crippen LogP contribution is 2.33. The van der Waals surface area contributed by atoms with Crippen molar-refractivity contribution in [2.24, 2.45) is 0 Å². The lowest BCUT2D eigenvalue weighted by Gasteiger charge is -2.10. The van der Waals surface area contributed by atoms with Gasteiger partial charge < -0.3 is 5.32 Å². The van der Waals surface area contributed by atoms with Gasteiger partial charge in [0.25, 0.3) is 0 Å². The van der Waals surface area contributed by atoms with Crippen LogP contribution in [-0.4, -0.2) is 9.38 Å². The van der Waals surface area contributed by atoms with Crippen molar-refractivity contribution in [1.29, 1.82) is 0 Å². The summed E-state index contributed by atoms with van der Waals surface area (Å²) in [7, 11) is 0. The van der Waals surface area contributed by atoms with Crippen LogP contribution in [0.25, 0.3) is 16.9 Å². The molecule has 0 fully saturated rings. The number of hydrogen-bond acceptors (Lipinski definition) is 2. The van der Waals surface area contributed by atoms with Gasteiger partial charge in [-0.05, 0) is 59.3 Å². The van der Waals surface area contributed by atoms with Crippen molar-refractivity contribution < 1.29 is 0 Å². The molecule has 25 heavy (non-hydrogen) atoms. The van der Waals surface area contributed by atoms with Gasteiger partial charge in [0, 0.05) is 26.4 Å². The second-order valence-electron chi connectivity index (χ2n) is 5.89. The average molecular weight is 457 g/mol. The van der Waals surface area contributed by atoms with Crippen LogP contribution in [0.5, 0.6) is 0 Å². The van der Waals surface area contributed by atoms with Crippen LogP contribution < -0.4 is 5.32 Å². The van der Waals surface area contributed by atoms with Crippen molar-refractivity contribution in [3.63, 3.8) is 0 Å². The highest BCUT2D eigenvalue weighted by Gasteiger charge is 2.15. The minimum absolute atomic E-state index is 0.896. The first kappa shape index (κ1) is 16.4. The number of nitrogens with zero attached hydrogens (tertiary/aromatic N) is 2. The molecule has 0 aliphatic heterocycles. The molecular formula is C20H15Br2N3. The standard InChI is InChI=1S/C20H15Br2N3/c1-13-5-8-17(9-6-13)23-20-19(14-3-2-4-15(21)11-14)24-18-10-7-16(22)12-25(18)20/h2-12,23H,1H3. The number of fused-ring (bicyclic) bond motifs is 1. The van der Waals surface area contributed by atoms with Crippen LogP contribution in [0.2, 0.25) is 0 Å². The van der Waals surface area contributed by atoms with Gasteiger partial charge in [-0.25, -0.2) is 4.98 Å². The van der Waals surface area contributed by atoms with Gasteiger partial charge >= 0.3 is 0 Å². The lowest BCUT2D eigenvalue weighted by atomic mass is 10.1. The summed E-state index contributed by atoms with van der Waals surface area (Å²) in [5, 5.41) is 3.53. The first-order valence-corrected chi connectivity index (χ1v) is 9.46. The monoisotopic (exact) mass is 455 g/mol. The molecule has 0 amide bonds. The van der Waals surface area contributed by atoms with Crippen molar-refractivity contribution in [3.8, 4) is 11.3 Å². The molecule has 4 aromatic rings. The molecule has 1 N–H and O–H groups in total. The number of aromatic nitrogens is 2. The molecule has 0 saturated heterocycles. The first-order chi connectivity index (χ1) is 12.1. The number of anilines is 2. The van der Waals surface area contributed by atoms with Gasteiger partial charge in [-0.3, -0.25) is 4.40 Å². The number of hydrogen-bond donors (Lipinski definition) is 1. The van der Waals surface area contributed by atoms with Gasteiger partial charge in [0.1, 0.15) is 17.2 Å². The number of halogens is 2. The van der Waals surface area contributed by atoms with Gasteiger partial charge in [0.2, 0.25) is 0 Å². The van der Waals surface area contributed by atoms with Crippen molar-refractivity contribution >= 4 is 49.0 Å². The maximum absolute atomic E-state index is 4.84. The molecule has 2 heterocycles. The highest BCUT2D eigenvalue weighted by atomic mass is 79.9. The van der Waals surface area contributed by atoms with Crippen LogP contribution in [0.4, 0.5) is 11.5 Å². The molecule has 5 heteroatoms. The Bertz CT molecular complexity index is 1050. The van der Waals surface area contributed by atoms with E-state index in [1.54, 1.807) is 0 Å². The van der Waals surface area contributed by atoms with Crippen LogP contribution in [0, 0.1) is 6.92 Å². The summed E-state index contributed by atoms with van der Waals surface area (Å²) in [5.41, 5.74) is 5.14. The van der Waals surface area contributed by atoms with Crippen molar-refractivity contribution in [2.75, 3.05) is 5.32 Å². The zero-order valence-corrected chi connectivity index (χ0v) is 16.7. The second-order valence-corrected chi connectivity index (χ2v) is 7.72. The van der Waals surface area contributed by atoms with Gasteiger partial charge in [0.15, 0.2) is 0 Å². The third-order valence-electron chi connectivity index (χ3n) is 3.99. The fraction of sp³-hybridized carbons (Fsp3) is 0.0500. The van der Waals surface area contributed by atoms with Crippen LogP contribution in [0.3, 0.4) is 0 Å². The molecule has 3 nitrogen and oxygen atoms in total. The zero-order chi connectivity index (χ0) is 17.4. The van der Waals surface area contributed by atoms with Gasteiger partial charge in [-0.1, -0.05) is 45.8 Å². The van der Waals surface area contributed by atoms with E-state index in [0.717, 1.165) is 37.4 Å². The largest absolute Gasteiger partial charge is 0.339 e. The van der Waals surface area contributed by atoms with E-state index in [4.69, 9.17) is 4.98 Å². The SMILES string of the molecule is Cc1ccc(Nc2c(-c3cccc(Br)c3)nc3ccc(Br)cn23)cc1. The molecule has 0 aliphatic carbocycles. The topological polar surface area (TPSA) is 29.3 Å². The highest BCUT2D eigenvalue weighted by molar-refractivity contribution is 9.10. The van der Waals surface area contributed by atoms with Crippen molar-refractivity contribution in [1.82, 2.24) is 9.38 Å². The van der Waals surface area contributed by atoms with E-state index < -0.39 is 0 Å². The number of rotatable bonds is 3. The quantitative estimate of drug-likeness (QED) is 0.377. The predicted molar refractivity (Wildman–Crippen MR) is 110 cm³/mol. The average Bonchev–Trinajstić information content (AvgIpc) is 2.95. The summed E-state index contributed by atoms with van der Waals surface area (Å²) in [6.45, 7) is 2.09. The van der Waals surface area contributed by atoms with Crippen LogP contribution in [0.15, 0.2) is 75.8 Å². The Morgan fingerprint density at radius 3 is 2.48 bits per heavy atom. The summed E-state index contributed by atoms with van der Waals surface area (Å²) < 4.78 is 4.11. The van der Waals surface area contributed by atoms with Crippen LogP contribution in [-0.2, 0) is 0 Å². The fourth-order valence-electron chi connectivity index (χ4n) is 2.75. The van der Waals surface area contributed by atoms with Gasteiger partial charge in [-0.15, -0.1) is 0 Å². The summed E-state index contributed by atoms with van der Waals surface area (Å²) in [4.78, 5) is 4.84.